The third kappa shape index (κ3) is 5.68. The molecule has 202 valence electrons. The smallest absolute Gasteiger partial charge is 0.255 e. The standard InChI is InChI=1S/C29H28F2N4O3S/c1-17-8-20(11-21(30)9-17)26-15-34-27-6-5-18(19-10-22(31)14-24(12-19)39(32,37)38)13-25(27)28(26)29(36)35(2)16-23-4-3-7-33-23/h5-6,8-15,23,33H,3-4,7,16H2,1-2H3,(H2,32,37,38)/t23-/m0/s1. The molecule has 0 saturated carbocycles. The van der Waals surface area contributed by atoms with Crippen molar-refractivity contribution in [1.82, 2.24) is 15.2 Å². The summed E-state index contributed by atoms with van der Waals surface area (Å²) in [6, 6.07) is 13.1. The van der Waals surface area contributed by atoms with E-state index in [1.54, 1.807) is 49.3 Å². The van der Waals surface area contributed by atoms with Gasteiger partial charge in [-0.2, -0.15) is 0 Å². The van der Waals surface area contributed by atoms with Crippen LogP contribution in [0.1, 0.15) is 28.8 Å². The van der Waals surface area contributed by atoms with Crippen LogP contribution in [0.5, 0.6) is 0 Å². The van der Waals surface area contributed by atoms with Gasteiger partial charge in [-0.1, -0.05) is 12.1 Å². The van der Waals surface area contributed by atoms with Gasteiger partial charge in [-0.15, -0.1) is 0 Å². The van der Waals surface area contributed by atoms with Crippen LogP contribution in [0.2, 0.25) is 0 Å². The van der Waals surface area contributed by atoms with Crippen LogP contribution in [0, 0.1) is 18.6 Å². The van der Waals surface area contributed by atoms with Crippen molar-refractivity contribution in [3.63, 3.8) is 0 Å². The SMILES string of the molecule is Cc1cc(F)cc(-c2cnc3ccc(-c4cc(F)cc(S(N)(=O)=O)c4)cc3c2C(=O)N(C)C[C@@H]2CCCN2)c1. The molecule has 1 atom stereocenters. The number of hydrogen-bond acceptors (Lipinski definition) is 5. The average molecular weight is 551 g/mol. The second kappa shape index (κ2) is 10.4. The second-order valence-electron chi connectivity index (χ2n) is 10.00. The number of halogens is 2. The molecule has 1 aliphatic heterocycles. The van der Waals surface area contributed by atoms with E-state index in [2.05, 4.69) is 10.3 Å². The summed E-state index contributed by atoms with van der Waals surface area (Å²) in [6.45, 7) is 3.16. The van der Waals surface area contributed by atoms with Crippen molar-refractivity contribution in [3.05, 3.63) is 83.6 Å². The summed E-state index contributed by atoms with van der Waals surface area (Å²) < 4.78 is 52.6. The van der Waals surface area contributed by atoms with Crippen molar-refractivity contribution < 1.29 is 22.0 Å². The number of carbonyl (C=O) groups is 1. The number of hydrogen-bond donors (Lipinski definition) is 2. The van der Waals surface area contributed by atoms with Gasteiger partial charge in [-0.3, -0.25) is 9.78 Å². The van der Waals surface area contributed by atoms with Gasteiger partial charge in [0.15, 0.2) is 0 Å². The zero-order valence-corrected chi connectivity index (χ0v) is 22.4. The third-order valence-corrected chi connectivity index (χ3v) is 7.86. The summed E-state index contributed by atoms with van der Waals surface area (Å²) in [5, 5.41) is 9.12. The van der Waals surface area contributed by atoms with Crippen LogP contribution in [0.15, 0.2) is 65.7 Å². The Morgan fingerprint density at radius 1 is 1.05 bits per heavy atom. The first-order chi connectivity index (χ1) is 18.5. The highest BCUT2D eigenvalue weighted by molar-refractivity contribution is 7.89. The largest absolute Gasteiger partial charge is 0.340 e. The van der Waals surface area contributed by atoms with E-state index in [1.165, 1.54) is 24.3 Å². The third-order valence-electron chi connectivity index (χ3n) is 6.97. The number of benzene rings is 3. The molecule has 1 amide bonds. The van der Waals surface area contributed by atoms with Crippen LogP contribution in [0.3, 0.4) is 0 Å². The van der Waals surface area contributed by atoms with Crippen molar-refractivity contribution in [2.75, 3.05) is 20.1 Å². The zero-order valence-electron chi connectivity index (χ0n) is 21.5. The fourth-order valence-electron chi connectivity index (χ4n) is 5.12. The number of amides is 1. The lowest BCUT2D eigenvalue weighted by molar-refractivity contribution is 0.0786. The maximum atomic E-state index is 14.4. The number of rotatable bonds is 6. The molecule has 10 heteroatoms. The minimum atomic E-state index is -4.15. The van der Waals surface area contributed by atoms with E-state index in [0.717, 1.165) is 25.5 Å². The highest BCUT2D eigenvalue weighted by Crippen LogP contribution is 2.34. The number of nitrogens with two attached hydrogens (primary N) is 1. The molecular formula is C29H28F2N4O3S. The summed E-state index contributed by atoms with van der Waals surface area (Å²) in [5.41, 5.74) is 3.24. The molecule has 0 unspecified atom stereocenters. The van der Waals surface area contributed by atoms with Crippen LogP contribution in [0.25, 0.3) is 33.2 Å². The number of nitrogens with zero attached hydrogens (tertiary/aromatic N) is 2. The van der Waals surface area contributed by atoms with Gasteiger partial charge in [-0.05, 0) is 91.0 Å². The average Bonchev–Trinajstić information content (AvgIpc) is 3.38. The Morgan fingerprint density at radius 2 is 1.79 bits per heavy atom. The second-order valence-corrected chi connectivity index (χ2v) is 11.6. The van der Waals surface area contributed by atoms with E-state index >= 15 is 0 Å². The molecule has 1 aromatic heterocycles. The number of aryl methyl sites for hydroxylation is 1. The number of primary sulfonamides is 1. The summed E-state index contributed by atoms with van der Waals surface area (Å²) in [5.74, 6) is -1.47. The van der Waals surface area contributed by atoms with Crippen molar-refractivity contribution in [3.8, 4) is 22.3 Å². The lowest BCUT2D eigenvalue weighted by Crippen LogP contribution is -2.38. The normalized spacial score (nSPS) is 15.6. The molecular weight excluding hydrogens is 522 g/mol. The van der Waals surface area contributed by atoms with E-state index < -0.39 is 21.7 Å². The van der Waals surface area contributed by atoms with Crippen molar-refractivity contribution in [2.24, 2.45) is 5.14 Å². The Kier molecular flexibility index (Phi) is 7.19. The topological polar surface area (TPSA) is 105 Å². The number of carbonyl (C=O) groups excluding carboxylic acids is 1. The van der Waals surface area contributed by atoms with Crippen LogP contribution < -0.4 is 10.5 Å². The van der Waals surface area contributed by atoms with Crippen LogP contribution >= 0.6 is 0 Å². The monoisotopic (exact) mass is 550 g/mol. The molecule has 1 saturated heterocycles. The summed E-state index contributed by atoms with van der Waals surface area (Å²) in [6.07, 6.45) is 3.56. The minimum absolute atomic E-state index is 0.173. The highest BCUT2D eigenvalue weighted by atomic mass is 32.2. The number of nitrogens with one attached hydrogen (secondary N) is 1. The molecule has 0 aliphatic carbocycles. The van der Waals surface area contributed by atoms with Gasteiger partial charge >= 0.3 is 0 Å². The lowest BCUT2D eigenvalue weighted by atomic mass is 9.93. The van der Waals surface area contributed by atoms with Gasteiger partial charge in [-0.25, -0.2) is 22.3 Å². The van der Waals surface area contributed by atoms with Gasteiger partial charge in [0.25, 0.3) is 5.91 Å². The van der Waals surface area contributed by atoms with Crippen LogP contribution in [-0.4, -0.2) is 50.4 Å². The molecule has 5 rings (SSSR count). The Bertz CT molecular complexity index is 1680. The molecule has 1 fully saturated rings. The fourth-order valence-corrected chi connectivity index (χ4v) is 5.69. The zero-order chi connectivity index (χ0) is 27.9. The number of aromatic nitrogens is 1. The lowest BCUT2D eigenvalue weighted by Gasteiger charge is -2.24. The first-order valence-corrected chi connectivity index (χ1v) is 14.1. The van der Waals surface area contributed by atoms with Gasteiger partial charge in [0.2, 0.25) is 10.0 Å². The van der Waals surface area contributed by atoms with E-state index in [0.29, 0.717) is 45.3 Å². The molecule has 2 heterocycles. The van der Waals surface area contributed by atoms with Gasteiger partial charge in [0.1, 0.15) is 11.6 Å². The van der Waals surface area contributed by atoms with E-state index in [9.17, 15) is 22.0 Å². The van der Waals surface area contributed by atoms with E-state index in [1.807, 2.05) is 0 Å². The molecule has 1 aliphatic rings. The molecule has 0 bridgehead atoms. The number of likely N-dealkylation sites (N-methyl/N-ethyl adjacent to an activating group) is 1. The van der Waals surface area contributed by atoms with Crippen molar-refractivity contribution in [2.45, 2.75) is 30.7 Å². The Hall–Kier alpha value is -3.73. The summed E-state index contributed by atoms with van der Waals surface area (Å²) in [4.78, 5) is 19.8. The maximum Gasteiger partial charge on any atom is 0.255 e. The molecule has 4 aromatic rings. The van der Waals surface area contributed by atoms with Gasteiger partial charge in [0, 0.05) is 36.8 Å². The Balaban J connectivity index is 1.71. The van der Waals surface area contributed by atoms with E-state index in [4.69, 9.17) is 5.14 Å². The highest BCUT2D eigenvalue weighted by Gasteiger charge is 2.25. The maximum absolute atomic E-state index is 14.4. The van der Waals surface area contributed by atoms with Crippen molar-refractivity contribution in [1.29, 1.82) is 0 Å². The number of pyridine rings is 1. The molecule has 0 spiro atoms. The molecule has 7 nitrogen and oxygen atoms in total. The fraction of sp³-hybridized carbons (Fsp3) is 0.241. The predicted octanol–water partition coefficient (Wildman–Crippen LogP) is 4.63. The predicted molar refractivity (Wildman–Crippen MR) is 147 cm³/mol. The van der Waals surface area contributed by atoms with Crippen LogP contribution in [-0.2, 0) is 10.0 Å². The van der Waals surface area contributed by atoms with Gasteiger partial charge < -0.3 is 10.2 Å². The molecule has 39 heavy (non-hydrogen) atoms. The molecule has 3 N–H and O–H groups in total. The Morgan fingerprint density at radius 3 is 2.49 bits per heavy atom. The van der Waals surface area contributed by atoms with Crippen molar-refractivity contribution >= 4 is 26.8 Å². The Labute approximate surface area is 225 Å². The van der Waals surface area contributed by atoms with Crippen LogP contribution in [0.4, 0.5) is 8.78 Å². The summed E-state index contributed by atoms with van der Waals surface area (Å²) >= 11 is 0. The van der Waals surface area contributed by atoms with Gasteiger partial charge in [0.05, 0.1) is 16.0 Å². The number of fused-ring (bicyclic) bond motifs is 1. The van der Waals surface area contributed by atoms with E-state index in [-0.39, 0.29) is 22.4 Å². The summed E-state index contributed by atoms with van der Waals surface area (Å²) in [7, 11) is -2.42. The first kappa shape index (κ1) is 26.9. The molecule has 3 aromatic carbocycles. The quantitative estimate of drug-likeness (QED) is 0.364. The minimum Gasteiger partial charge on any atom is -0.340 e. The number of sulfonamides is 1. The molecule has 0 radical (unpaired) electrons. The first-order valence-electron chi connectivity index (χ1n) is 12.5.